The SMILES string of the molecule is Cc1ccc(O)cc1.N#CS(=O)(=O)C#N. The summed E-state index contributed by atoms with van der Waals surface area (Å²) in [6.45, 7) is 1.99. The van der Waals surface area contributed by atoms with Gasteiger partial charge >= 0.3 is 9.84 Å². The molecule has 0 saturated heterocycles. The third kappa shape index (κ3) is 6.08. The number of nitriles is 2. The molecule has 0 aliphatic carbocycles. The van der Waals surface area contributed by atoms with Crippen LogP contribution in [0.4, 0.5) is 0 Å². The number of phenols is 1. The van der Waals surface area contributed by atoms with Gasteiger partial charge < -0.3 is 5.11 Å². The summed E-state index contributed by atoms with van der Waals surface area (Å²) in [4.78, 5) is 0. The molecule has 0 unspecified atom stereocenters. The van der Waals surface area contributed by atoms with Crippen LogP contribution in [-0.2, 0) is 9.84 Å². The number of aromatic hydroxyl groups is 1. The van der Waals surface area contributed by atoms with Crippen molar-refractivity contribution in [3.05, 3.63) is 29.8 Å². The van der Waals surface area contributed by atoms with E-state index in [0.717, 1.165) is 10.8 Å². The average molecular weight is 224 g/mol. The Bertz CT molecular complexity index is 451. The summed E-state index contributed by atoms with van der Waals surface area (Å²) < 4.78 is 19.3. The Balaban J connectivity index is 0.000000265. The van der Waals surface area contributed by atoms with Crippen LogP contribution in [0.25, 0.3) is 0 Å². The van der Waals surface area contributed by atoms with Crippen LogP contribution in [0.3, 0.4) is 0 Å². The molecule has 0 bridgehead atoms. The van der Waals surface area contributed by atoms with Crippen molar-refractivity contribution in [2.24, 2.45) is 0 Å². The molecule has 0 atom stereocenters. The normalized spacial score (nSPS) is 9.00. The Labute approximate surface area is 87.7 Å². The lowest BCUT2D eigenvalue weighted by atomic mass is 10.2. The van der Waals surface area contributed by atoms with Crippen LogP contribution in [0.2, 0.25) is 0 Å². The second-order valence-electron chi connectivity index (χ2n) is 2.52. The monoisotopic (exact) mass is 224 g/mol. The number of benzene rings is 1. The van der Waals surface area contributed by atoms with E-state index in [1.807, 2.05) is 19.1 Å². The van der Waals surface area contributed by atoms with Gasteiger partial charge in [-0.25, -0.2) is 0 Å². The topological polar surface area (TPSA) is 102 Å². The highest BCUT2D eigenvalue weighted by Crippen LogP contribution is 2.07. The molecule has 5 nitrogen and oxygen atoms in total. The molecular weight excluding hydrogens is 216 g/mol. The van der Waals surface area contributed by atoms with Crippen LogP contribution in [-0.4, -0.2) is 13.5 Å². The highest BCUT2D eigenvalue weighted by Gasteiger charge is 2.01. The van der Waals surface area contributed by atoms with Gasteiger partial charge in [0.2, 0.25) is 10.8 Å². The van der Waals surface area contributed by atoms with Gasteiger partial charge in [0.25, 0.3) is 0 Å². The molecule has 0 aliphatic rings. The second-order valence-corrected chi connectivity index (χ2v) is 3.89. The molecule has 1 N–H and O–H groups in total. The Morgan fingerprint density at radius 2 is 1.53 bits per heavy atom. The van der Waals surface area contributed by atoms with Crippen molar-refractivity contribution < 1.29 is 13.5 Å². The molecule has 0 aliphatic heterocycles. The van der Waals surface area contributed by atoms with Crippen molar-refractivity contribution in [2.75, 3.05) is 0 Å². The highest BCUT2D eigenvalue weighted by atomic mass is 32.2. The fourth-order valence-electron chi connectivity index (χ4n) is 0.565. The first-order chi connectivity index (χ1) is 6.91. The van der Waals surface area contributed by atoms with E-state index in [-0.39, 0.29) is 0 Å². The number of aryl methyl sites for hydroxylation is 1. The van der Waals surface area contributed by atoms with Crippen molar-refractivity contribution in [3.63, 3.8) is 0 Å². The van der Waals surface area contributed by atoms with Crippen LogP contribution in [0.5, 0.6) is 5.75 Å². The number of sulfone groups is 1. The van der Waals surface area contributed by atoms with Crippen molar-refractivity contribution in [2.45, 2.75) is 6.92 Å². The maximum atomic E-state index is 9.65. The number of rotatable bonds is 0. The highest BCUT2D eigenvalue weighted by molar-refractivity contribution is 8.00. The first-order valence-corrected chi connectivity index (χ1v) is 5.22. The Hall–Kier alpha value is -2.05. The van der Waals surface area contributed by atoms with Gasteiger partial charge in [0.15, 0.2) is 0 Å². The van der Waals surface area contributed by atoms with Crippen molar-refractivity contribution >= 4 is 9.84 Å². The molecule has 0 radical (unpaired) electrons. The smallest absolute Gasteiger partial charge is 0.333 e. The maximum Gasteiger partial charge on any atom is 0.333 e. The number of thiocyanates is 2. The van der Waals surface area contributed by atoms with Gasteiger partial charge in [-0.1, -0.05) is 17.7 Å². The van der Waals surface area contributed by atoms with Gasteiger partial charge in [0, 0.05) is 0 Å². The molecule has 0 fully saturated rings. The summed E-state index contributed by atoms with van der Waals surface area (Å²) in [6.07, 6.45) is 0. The van der Waals surface area contributed by atoms with Gasteiger partial charge in [0.1, 0.15) is 5.75 Å². The average Bonchev–Trinajstić information content (AvgIpc) is 2.23. The molecule has 1 rings (SSSR count). The van der Waals surface area contributed by atoms with E-state index in [1.54, 1.807) is 12.1 Å². The first-order valence-electron chi connectivity index (χ1n) is 3.73. The number of hydrogen-bond donors (Lipinski definition) is 1. The third-order valence-electron chi connectivity index (χ3n) is 1.27. The lowest BCUT2D eigenvalue weighted by molar-refractivity contribution is 0.475. The van der Waals surface area contributed by atoms with Gasteiger partial charge in [-0.15, -0.1) is 0 Å². The number of nitrogens with zero attached hydrogens (tertiary/aromatic N) is 2. The Morgan fingerprint density at radius 1 is 1.13 bits per heavy atom. The summed E-state index contributed by atoms with van der Waals surface area (Å²) in [6, 6.07) is 7.09. The lowest BCUT2D eigenvalue weighted by Gasteiger charge is -1.89. The number of phenolic OH excluding ortho intramolecular Hbond substituents is 1. The number of hydrogen-bond acceptors (Lipinski definition) is 5. The summed E-state index contributed by atoms with van der Waals surface area (Å²) in [5.74, 6) is 0.329. The Morgan fingerprint density at radius 3 is 1.73 bits per heavy atom. The molecule has 0 heterocycles. The molecule has 0 aromatic heterocycles. The van der Waals surface area contributed by atoms with Gasteiger partial charge in [-0.05, 0) is 19.1 Å². The van der Waals surface area contributed by atoms with E-state index in [0.29, 0.717) is 5.75 Å². The zero-order valence-electron chi connectivity index (χ0n) is 7.88. The van der Waals surface area contributed by atoms with E-state index >= 15 is 0 Å². The van der Waals surface area contributed by atoms with E-state index in [9.17, 15) is 8.42 Å². The minimum atomic E-state index is -4.05. The fourth-order valence-corrected chi connectivity index (χ4v) is 0.606. The third-order valence-corrected chi connectivity index (χ3v) is 1.76. The molecule has 6 heteroatoms. The molecule has 78 valence electrons. The van der Waals surface area contributed by atoms with E-state index in [1.165, 1.54) is 5.56 Å². The molecule has 0 spiro atoms. The van der Waals surface area contributed by atoms with Gasteiger partial charge in [-0.2, -0.15) is 18.9 Å². The van der Waals surface area contributed by atoms with E-state index in [4.69, 9.17) is 15.6 Å². The zero-order chi connectivity index (χ0) is 11.9. The predicted molar refractivity (Wildman–Crippen MR) is 53.0 cm³/mol. The maximum absolute atomic E-state index is 9.65. The van der Waals surface area contributed by atoms with Crippen molar-refractivity contribution in [3.8, 4) is 16.6 Å². The first kappa shape index (κ1) is 12.9. The molecule has 1 aromatic carbocycles. The van der Waals surface area contributed by atoms with Crippen LogP contribution < -0.4 is 0 Å². The summed E-state index contributed by atoms with van der Waals surface area (Å²) >= 11 is 0. The minimum Gasteiger partial charge on any atom is -0.508 e. The minimum absolute atomic E-state index is 0.329. The Kier molecular flexibility index (Phi) is 4.86. The molecule has 0 amide bonds. The zero-order valence-corrected chi connectivity index (χ0v) is 8.69. The second kappa shape index (κ2) is 5.63. The summed E-state index contributed by atoms with van der Waals surface area (Å²) in [5, 5.41) is 25.4. The predicted octanol–water partition coefficient (Wildman–Crippen LogP) is 1.06. The van der Waals surface area contributed by atoms with Crippen molar-refractivity contribution in [1.29, 1.82) is 10.5 Å². The van der Waals surface area contributed by atoms with Crippen LogP contribution in [0, 0.1) is 28.3 Å². The summed E-state index contributed by atoms with van der Waals surface area (Å²) in [7, 11) is -4.05. The molecule has 1 aromatic rings. The standard InChI is InChI=1S/C7H8O.C2N2O2S/c1-6-2-4-7(8)5-3-6;3-1-7(5,6)2-4/h2-5,8H,1H3;. The van der Waals surface area contributed by atoms with Gasteiger partial charge in [0.05, 0.1) is 0 Å². The van der Waals surface area contributed by atoms with Gasteiger partial charge in [-0.3, -0.25) is 0 Å². The summed E-state index contributed by atoms with van der Waals surface area (Å²) in [5.41, 5.74) is 1.17. The fraction of sp³-hybridized carbons (Fsp3) is 0.111. The van der Waals surface area contributed by atoms with Crippen molar-refractivity contribution in [1.82, 2.24) is 0 Å². The van der Waals surface area contributed by atoms with Crippen LogP contribution >= 0.6 is 0 Å². The molecule has 0 saturated carbocycles. The molecule has 15 heavy (non-hydrogen) atoms. The quantitative estimate of drug-likeness (QED) is 0.524. The molecular formula is C9H8N2O3S. The van der Waals surface area contributed by atoms with Crippen LogP contribution in [0.15, 0.2) is 24.3 Å². The lowest BCUT2D eigenvalue weighted by Crippen LogP contribution is -1.85. The van der Waals surface area contributed by atoms with Crippen LogP contribution in [0.1, 0.15) is 5.56 Å². The van der Waals surface area contributed by atoms with E-state index < -0.39 is 9.84 Å². The van der Waals surface area contributed by atoms with E-state index in [2.05, 4.69) is 0 Å². The largest absolute Gasteiger partial charge is 0.508 e.